The van der Waals surface area contributed by atoms with E-state index < -0.39 is 17.2 Å². The summed E-state index contributed by atoms with van der Waals surface area (Å²) in [6.07, 6.45) is -0.149. The number of carbonyl (C=O) groups is 1. The van der Waals surface area contributed by atoms with Crippen LogP contribution in [-0.2, 0) is 16.8 Å². The standard InChI is InChI=1S/C12H16FN3O2/c1-12(2,6-10(17)18)9-5-3-4-8(11(9)13)7-15-16-14/h3-5H,6-7H2,1-2H3,(H2,14,15)(H,17,18). The smallest absolute Gasteiger partial charge is 0.304 e. The molecule has 6 heteroatoms. The van der Waals surface area contributed by atoms with Crippen LogP contribution >= 0.6 is 0 Å². The van der Waals surface area contributed by atoms with Crippen molar-refractivity contribution in [2.24, 2.45) is 5.22 Å². The number of hydrogen-bond donors (Lipinski definition) is 3. The fraction of sp³-hybridized carbons (Fsp3) is 0.417. The molecule has 0 aromatic heterocycles. The Kier molecular flexibility index (Phi) is 4.36. The summed E-state index contributed by atoms with van der Waals surface area (Å²) < 4.78 is 14.2. The first-order chi connectivity index (χ1) is 8.38. The Morgan fingerprint density at radius 3 is 2.78 bits per heavy atom. The average molecular weight is 253 g/mol. The fourth-order valence-electron chi connectivity index (χ4n) is 1.84. The van der Waals surface area contributed by atoms with Gasteiger partial charge < -0.3 is 5.11 Å². The van der Waals surface area contributed by atoms with Crippen molar-refractivity contribution in [2.45, 2.75) is 32.2 Å². The molecule has 1 aromatic rings. The molecule has 0 aliphatic heterocycles. The Morgan fingerprint density at radius 1 is 1.56 bits per heavy atom. The number of aliphatic carboxylic acids is 1. The van der Waals surface area contributed by atoms with Crippen LogP contribution in [0.15, 0.2) is 23.4 Å². The SMILES string of the molecule is CC(C)(CC(=O)O)c1cccc(CNN=N)c1F. The monoisotopic (exact) mass is 253 g/mol. The zero-order valence-corrected chi connectivity index (χ0v) is 10.3. The van der Waals surface area contributed by atoms with Gasteiger partial charge in [-0.2, -0.15) is 5.53 Å². The van der Waals surface area contributed by atoms with Crippen LogP contribution in [0.4, 0.5) is 4.39 Å². The van der Waals surface area contributed by atoms with E-state index in [1.807, 2.05) is 0 Å². The summed E-state index contributed by atoms with van der Waals surface area (Å²) in [5.41, 5.74) is 8.90. The minimum absolute atomic E-state index is 0.103. The number of nitrogens with one attached hydrogen (secondary N) is 2. The first-order valence-corrected chi connectivity index (χ1v) is 5.47. The fourth-order valence-corrected chi connectivity index (χ4v) is 1.84. The van der Waals surface area contributed by atoms with Gasteiger partial charge in [0.25, 0.3) is 0 Å². The summed E-state index contributed by atoms with van der Waals surface area (Å²) in [5.74, 6) is -1.41. The maximum Gasteiger partial charge on any atom is 0.304 e. The van der Waals surface area contributed by atoms with Gasteiger partial charge in [0.2, 0.25) is 0 Å². The summed E-state index contributed by atoms with van der Waals surface area (Å²) in [7, 11) is 0. The number of carboxylic acids is 1. The molecule has 0 amide bonds. The molecule has 0 saturated carbocycles. The van der Waals surface area contributed by atoms with E-state index in [1.54, 1.807) is 32.0 Å². The highest BCUT2D eigenvalue weighted by Crippen LogP contribution is 2.30. The van der Waals surface area contributed by atoms with Gasteiger partial charge in [-0.25, -0.2) is 4.39 Å². The van der Waals surface area contributed by atoms with Gasteiger partial charge >= 0.3 is 5.97 Å². The third-order valence-electron chi connectivity index (χ3n) is 2.75. The molecule has 98 valence electrons. The molecule has 0 fully saturated rings. The van der Waals surface area contributed by atoms with Gasteiger partial charge in [-0.1, -0.05) is 37.3 Å². The van der Waals surface area contributed by atoms with Crippen LogP contribution in [-0.4, -0.2) is 11.1 Å². The molecule has 0 heterocycles. The summed E-state index contributed by atoms with van der Waals surface area (Å²) in [4.78, 5) is 10.8. The number of hydrogen-bond acceptors (Lipinski definition) is 3. The van der Waals surface area contributed by atoms with Gasteiger partial charge in [-0.05, 0) is 5.56 Å². The van der Waals surface area contributed by atoms with Gasteiger partial charge in [0.1, 0.15) is 5.82 Å². The van der Waals surface area contributed by atoms with Crippen molar-refractivity contribution < 1.29 is 14.3 Å². The Bertz CT molecular complexity index is 461. The lowest BCUT2D eigenvalue weighted by Crippen LogP contribution is -2.24. The maximum absolute atomic E-state index is 14.2. The molecule has 5 nitrogen and oxygen atoms in total. The minimum Gasteiger partial charge on any atom is -0.481 e. The molecule has 0 unspecified atom stereocenters. The van der Waals surface area contributed by atoms with E-state index >= 15 is 0 Å². The van der Waals surface area contributed by atoms with Crippen molar-refractivity contribution in [3.05, 3.63) is 35.1 Å². The predicted octanol–water partition coefficient (Wildman–Crippen LogP) is 2.61. The summed E-state index contributed by atoms with van der Waals surface area (Å²) in [6.45, 7) is 3.48. The van der Waals surface area contributed by atoms with Crippen LogP contribution in [0.3, 0.4) is 0 Å². The Balaban J connectivity index is 3.09. The minimum atomic E-state index is -0.968. The van der Waals surface area contributed by atoms with Crippen LogP contribution in [0, 0.1) is 11.3 Å². The van der Waals surface area contributed by atoms with Gasteiger partial charge in [0, 0.05) is 11.0 Å². The lowest BCUT2D eigenvalue weighted by molar-refractivity contribution is -0.138. The number of halogens is 1. The average Bonchev–Trinajstić information content (AvgIpc) is 2.25. The van der Waals surface area contributed by atoms with E-state index in [9.17, 15) is 9.18 Å². The lowest BCUT2D eigenvalue weighted by Gasteiger charge is -2.24. The highest BCUT2D eigenvalue weighted by atomic mass is 19.1. The molecule has 3 N–H and O–H groups in total. The van der Waals surface area contributed by atoms with E-state index in [0.717, 1.165) is 0 Å². The molecular formula is C12H16FN3O2. The molecule has 1 aromatic carbocycles. The number of rotatable bonds is 6. The van der Waals surface area contributed by atoms with Gasteiger partial charge in [0.15, 0.2) is 0 Å². The summed E-state index contributed by atoms with van der Waals surface area (Å²) in [6, 6.07) is 4.83. The quantitative estimate of drug-likeness (QED) is 0.538. The maximum atomic E-state index is 14.2. The highest BCUT2D eigenvalue weighted by Gasteiger charge is 2.28. The van der Waals surface area contributed by atoms with Crippen molar-refractivity contribution in [2.75, 3.05) is 0 Å². The zero-order valence-electron chi connectivity index (χ0n) is 10.3. The van der Waals surface area contributed by atoms with Crippen LogP contribution in [0.5, 0.6) is 0 Å². The number of nitrogens with zero attached hydrogens (tertiary/aromatic N) is 1. The third-order valence-corrected chi connectivity index (χ3v) is 2.75. The molecule has 0 aliphatic rings. The molecule has 0 atom stereocenters. The van der Waals surface area contributed by atoms with Crippen molar-refractivity contribution in [3.63, 3.8) is 0 Å². The molecule has 0 bridgehead atoms. The second kappa shape index (κ2) is 5.57. The Morgan fingerprint density at radius 2 is 2.22 bits per heavy atom. The normalized spacial score (nSPS) is 11.1. The molecule has 0 saturated heterocycles. The zero-order chi connectivity index (χ0) is 13.8. The second-order valence-electron chi connectivity index (χ2n) is 4.68. The van der Waals surface area contributed by atoms with E-state index in [4.69, 9.17) is 10.6 Å². The van der Waals surface area contributed by atoms with Crippen molar-refractivity contribution in [1.29, 1.82) is 5.53 Å². The number of benzene rings is 1. The first kappa shape index (κ1) is 14.1. The topological polar surface area (TPSA) is 85.5 Å². The molecule has 0 spiro atoms. The summed E-state index contributed by atoms with van der Waals surface area (Å²) >= 11 is 0. The van der Waals surface area contributed by atoms with Crippen LogP contribution < -0.4 is 5.43 Å². The molecular weight excluding hydrogens is 237 g/mol. The van der Waals surface area contributed by atoms with E-state index in [0.29, 0.717) is 11.1 Å². The molecule has 0 radical (unpaired) electrons. The van der Waals surface area contributed by atoms with Crippen molar-refractivity contribution >= 4 is 5.97 Å². The first-order valence-electron chi connectivity index (χ1n) is 5.47. The predicted molar refractivity (Wildman–Crippen MR) is 63.7 cm³/mol. The molecule has 18 heavy (non-hydrogen) atoms. The van der Waals surface area contributed by atoms with Gasteiger partial charge in [-0.15, -0.1) is 0 Å². The van der Waals surface area contributed by atoms with Crippen molar-refractivity contribution in [1.82, 2.24) is 5.43 Å². The summed E-state index contributed by atoms with van der Waals surface area (Å²) in [5, 5.41) is 11.8. The van der Waals surface area contributed by atoms with E-state index in [-0.39, 0.29) is 13.0 Å². The second-order valence-corrected chi connectivity index (χ2v) is 4.68. The van der Waals surface area contributed by atoms with Crippen LogP contribution in [0.2, 0.25) is 0 Å². The van der Waals surface area contributed by atoms with Crippen molar-refractivity contribution in [3.8, 4) is 0 Å². The third kappa shape index (κ3) is 3.26. The number of carboxylic acid groups (broad SMARTS) is 1. The van der Waals surface area contributed by atoms with E-state index in [2.05, 4.69) is 10.6 Å². The molecule has 1 rings (SSSR count). The highest BCUT2D eigenvalue weighted by molar-refractivity contribution is 5.69. The van der Waals surface area contributed by atoms with Gasteiger partial charge in [0.05, 0.1) is 13.0 Å². The van der Waals surface area contributed by atoms with Crippen LogP contribution in [0.25, 0.3) is 0 Å². The lowest BCUT2D eigenvalue weighted by atomic mass is 9.80. The van der Waals surface area contributed by atoms with E-state index in [1.165, 1.54) is 0 Å². The van der Waals surface area contributed by atoms with Crippen LogP contribution in [0.1, 0.15) is 31.4 Å². The largest absolute Gasteiger partial charge is 0.481 e. The Labute approximate surface area is 104 Å². The Hall–Kier alpha value is -1.98. The van der Waals surface area contributed by atoms with Gasteiger partial charge in [-0.3, -0.25) is 10.2 Å². The molecule has 0 aliphatic carbocycles.